The molecule has 3 heteroatoms. The summed E-state index contributed by atoms with van der Waals surface area (Å²) in [4.78, 5) is 10.5. The van der Waals surface area contributed by atoms with Gasteiger partial charge in [-0.15, -0.1) is 0 Å². The van der Waals surface area contributed by atoms with Crippen LogP contribution in [0.4, 0.5) is 0 Å². The number of carbonyl (C=O) groups is 1. The van der Waals surface area contributed by atoms with Gasteiger partial charge in [-0.2, -0.15) is 0 Å². The van der Waals surface area contributed by atoms with E-state index in [1.54, 1.807) is 0 Å². The average molecular weight is 157 g/mol. The van der Waals surface area contributed by atoms with Gasteiger partial charge in [-0.25, -0.2) is 0 Å². The minimum atomic E-state index is -0.934. The predicted molar refractivity (Wildman–Crippen MR) is 44.7 cm³/mol. The number of hydrogen-bond acceptors (Lipinski definition) is 1. The first-order valence-corrected chi connectivity index (χ1v) is 7.47. The summed E-state index contributed by atoms with van der Waals surface area (Å²) in [5.74, 6) is 0.225. The van der Waals surface area contributed by atoms with Gasteiger partial charge in [-0.05, 0) is 6.04 Å². The molecule has 10 heavy (non-hydrogen) atoms. The van der Waals surface area contributed by atoms with E-state index in [0.29, 0.717) is 6.04 Å². The van der Waals surface area contributed by atoms with Crippen molar-refractivity contribution in [3.8, 4) is 0 Å². The lowest BCUT2D eigenvalue weighted by Crippen LogP contribution is -2.51. The van der Waals surface area contributed by atoms with Crippen LogP contribution in [0.3, 0.4) is 0 Å². The fourth-order valence-electron chi connectivity index (χ4n) is 1.29. The molecule has 1 aliphatic rings. The van der Waals surface area contributed by atoms with E-state index in [4.69, 9.17) is 0 Å². The van der Waals surface area contributed by atoms with Crippen molar-refractivity contribution in [3.63, 3.8) is 0 Å². The van der Waals surface area contributed by atoms with Crippen molar-refractivity contribution >= 4 is 14.0 Å². The molecule has 1 saturated heterocycles. The van der Waals surface area contributed by atoms with Crippen molar-refractivity contribution in [2.75, 3.05) is 0 Å². The fraction of sp³-hybridized carbons (Fsp3) is 0.857. The summed E-state index contributed by atoms with van der Waals surface area (Å²) in [7, 11) is -0.934. The maximum Gasteiger partial charge on any atom is 0.222 e. The first kappa shape index (κ1) is 7.79. The van der Waals surface area contributed by atoms with E-state index >= 15 is 0 Å². The summed E-state index contributed by atoms with van der Waals surface area (Å²) in [6, 6.07) is 1.75. The highest BCUT2D eigenvalue weighted by atomic mass is 28.3. The van der Waals surface area contributed by atoms with Crippen molar-refractivity contribution in [1.82, 2.24) is 5.32 Å². The normalized spacial score (nSPS) is 25.5. The number of carbonyl (C=O) groups excluding carboxylic acids is 1. The number of nitrogens with one attached hydrogen (secondary N) is 1. The molecule has 0 aliphatic carbocycles. The van der Waals surface area contributed by atoms with Gasteiger partial charge in [-0.3, -0.25) is 4.79 Å². The summed E-state index contributed by atoms with van der Waals surface area (Å²) in [5, 5.41) is 2.90. The highest BCUT2D eigenvalue weighted by molar-refractivity contribution is 6.76. The van der Waals surface area contributed by atoms with E-state index in [-0.39, 0.29) is 5.91 Å². The number of amides is 1. The summed E-state index contributed by atoms with van der Waals surface area (Å²) in [6.45, 7) is 6.99. The van der Waals surface area contributed by atoms with Crippen LogP contribution >= 0.6 is 0 Å². The Morgan fingerprint density at radius 1 is 1.60 bits per heavy atom. The molecule has 1 rings (SSSR count). The predicted octanol–water partition coefficient (Wildman–Crippen LogP) is 1.21. The lowest BCUT2D eigenvalue weighted by molar-refractivity contribution is -0.127. The molecule has 2 nitrogen and oxygen atoms in total. The molecule has 1 fully saturated rings. The van der Waals surface area contributed by atoms with Crippen LogP contribution in [0.2, 0.25) is 25.7 Å². The SMILES string of the molecule is C[Si](C)(C)CC1CC(=O)N1. The minimum Gasteiger partial charge on any atom is -0.353 e. The van der Waals surface area contributed by atoms with Crippen molar-refractivity contribution in [2.45, 2.75) is 38.1 Å². The topological polar surface area (TPSA) is 29.1 Å². The van der Waals surface area contributed by atoms with Crippen LogP contribution in [0, 0.1) is 0 Å². The Kier molecular flexibility index (Phi) is 1.85. The Labute approximate surface area is 63.0 Å². The van der Waals surface area contributed by atoms with E-state index in [0.717, 1.165) is 6.42 Å². The molecule has 58 valence electrons. The minimum absolute atomic E-state index is 0.225. The smallest absolute Gasteiger partial charge is 0.222 e. The molecule has 0 aromatic carbocycles. The van der Waals surface area contributed by atoms with E-state index in [1.807, 2.05) is 0 Å². The van der Waals surface area contributed by atoms with E-state index < -0.39 is 8.07 Å². The largest absolute Gasteiger partial charge is 0.353 e. The van der Waals surface area contributed by atoms with Crippen LogP contribution < -0.4 is 5.32 Å². The lowest BCUT2D eigenvalue weighted by atomic mass is 10.1. The first-order valence-electron chi connectivity index (χ1n) is 3.77. The van der Waals surface area contributed by atoms with E-state index in [9.17, 15) is 4.79 Å². The molecular formula is C7H15NOSi. The van der Waals surface area contributed by atoms with E-state index in [1.165, 1.54) is 6.04 Å². The maximum atomic E-state index is 10.5. The average Bonchev–Trinajstić information content (AvgIpc) is 1.57. The second-order valence-electron chi connectivity index (χ2n) is 4.23. The molecule has 1 aliphatic heterocycles. The van der Waals surface area contributed by atoms with E-state index in [2.05, 4.69) is 25.0 Å². The molecule has 0 saturated carbocycles. The Balaban J connectivity index is 2.22. The van der Waals surface area contributed by atoms with Crippen molar-refractivity contribution in [1.29, 1.82) is 0 Å². The summed E-state index contributed by atoms with van der Waals surface area (Å²) < 4.78 is 0. The van der Waals surface area contributed by atoms with Gasteiger partial charge < -0.3 is 5.32 Å². The second-order valence-corrected chi connectivity index (χ2v) is 9.76. The van der Waals surface area contributed by atoms with Crippen molar-refractivity contribution in [2.24, 2.45) is 0 Å². The van der Waals surface area contributed by atoms with Gasteiger partial charge in [-0.1, -0.05) is 19.6 Å². The van der Waals surface area contributed by atoms with Crippen LogP contribution in [-0.4, -0.2) is 20.0 Å². The van der Waals surface area contributed by atoms with Crippen molar-refractivity contribution < 1.29 is 4.79 Å². The quantitative estimate of drug-likeness (QED) is 0.474. The van der Waals surface area contributed by atoms with Crippen LogP contribution in [-0.2, 0) is 4.79 Å². The Morgan fingerprint density at radius 3 is 2.40 bits per heavy atom. The van der Waals surface area contributed by atoms with Crippen LogP contribution in [0.5, 0.6) is 0 Å². The zero-order valence-corrected chi connectivity index (χ0v) is 7.90. The molecule has 0 aromatic rings. The molecule has 1 unspecified atom stereocenters. The van der Waals surface area contributed by atoms with Crippen LogP contribution in [0.1, 0.15) is 6.42 Å². The maximum absolute atomic E-state index is 10.5. The van der Waals surface area contributed by atoms with Gasteiger partial charge in [0.25, 0.3) is 0 Å². The lowest BCUT2D eigenvalue weighted by Gasteiger charge is -2.31. The number of β-lactam (4-membered cyclic amide) rings is 1. The highest BCUT2D eigenvalue weighted by Crippen LogP contribution is 2.18. The standard InChI is InChI=1S/C7H15NOSi/c1-10(2,3)5-6-4-7(9)8-6/h6H,4-5H2,1-3H3,(H,8,9). The van der Waals surface area contributed by atoms with Crippen LogP contribution in [0.15, 0.2) is 0 Å². The fourth-order valence-corrected chi connectivity index (χ4v) is 3.02. The monoisotopic (exact) mass is 157 g/mol. The molecule has 0 aromatic heterocycles. The third kappa shape index (κ3) is 2.14. The highest BCUT2D eigenvalue weighted by Gasteiger charge is 2.29. The third-order valence-corrected chi connectivity index (χ3v) is 3.37. The Morgan fingerprint density at radius 2 is 2.10 bits per heavy atom. The summed E-state index contributed by atoms with van der Waals surface area (Å²) >= 11 is 0. The third-order valence-electron chi connectivity index (χ3n) is 1.66. The number of hydrogen-bond donors (Lipinski definition) is 1. The van der Waals surface area contributed by atoms with Gasteiger partial charge >= 0.3 is 0 Å². The molecule has 1 heterocycles. The van der Waals surface area contributed by atoms with Crippen LogP contribution in [0.25, 0.3) is 0 Å². The molecule has 0 bridgehead atoms. The van der Waals surface area contributed by atoms with Gasteiger partial charge in [0.2, 0.25) is 5.91 Å². The second kappa shape index (κ2) is 2.38. The summed E-state index contributed by atoms with van der Waals surface area (Å²) in [5.41, 5.74) is 0. The molecule has 1 amide bonds. The summed E-state index contributed by atoms with van der Waals surface area (Å²) in [6.07, 6.45) is 0.768. The molecule has 0 radical (unpaired) electrons. The first-order chi connectivity index (χ1) is 4.47. The van der Waals surface area contributed by atoms with Crippen molar-refractivity contribution in [3.05, 3.63) is 0 Å². The van der Waals surface area contributed by atoms with Gasteiger partial charge in [0.15, 0.2) is 0 Å². The number of rotatable bonds is 2. The Hall–Kier alpha value is -0.313. The van der Waals surface area contributed by atoms with Gasteiger partial charge in [0.1, 0.15) is 0 Å². The zero-order chi connectivity index (χ0) is 7.78. The molecular weight excluding hydrogens is 142 g/mol. The molecule has 1 atom stereocenters. The molecule has 0 spiro atoms. The zero-order valence-electron chi connectivity index (χ0n) is 6.90. The molecule has 1 N–H and O–H groups in total. The Bertz CT molecular complexity index is 142. The van der Waals surface area contributed by atoms with Gasteiger partial charge in [0.05, 0.1) is 0 Å². The van der Waals surface area contributed by atoms with Gasteiger partial charge in [0, 0.05) is 20.5 Å².